The Morgan fingerprint density at radius 2 is 1.10 bits per heavy atom. The van der Waals surface area contributed by atoms with Crippen molar-refractivity contribution in [2.75, 3.05) is 49.8 Å². The molecule has 0 atom stereocenters. The van der Waals surface area contributed by atoms with E-state index in [1.165, 1.54) is 74.0 Å². The summed E-state index contributed by atoms with van der Waals surface area (Å²) in [6.07, 6.45) is 3.37. The maximum absolute atomic E-state index is 14.7. The fourth-order valence-electron chi connectivity index (χ4n) is 4.03. The molecule has 0 radical (unpaired) electrons. The fourth-order valence-corrected chi connectivity index (χ4v) is 5.45. The summed E-state index contributed by atoms with van der Waals surface area (Å²) in [5.74, 6) is 0.455. The first-order valence-electron chi connectivity index (χ1n) is 11.5. The summed E-state index contributed by atoms with van der Waals surface area (Å²) in [6, 6.07) is 8.80. The average molecular weight is 563 g/mol. The van der Waals surface area contributed by atoms with Gasteiger partial charge in [0.15, 0.2) is 44.4 Å². The highest BCUT2D eigenvalue weighted by Gasteiger charge is 2.25. The summed E-state index contributed by atoms with van der Waals surface area (Å²) in [5, 5.41) is 0. The third-order valence-electron chi connectivity index (χ3n) is 5.93. The first kappa shape index (κ1) is 29.4. The van der Waals surface area contributed by atoms with Gasteiger partial charge in [0, 0.05) is 17.7 Å². The van der Waals surface area contributed by atoms with Crippen molar-refractivity contribution in [1.82, 2.24) is 0 Å². The Labute approximate surface area is 227 Å². The summed E-state index contributed by atoms with van der Waals surface area (Å²) in [5.41, 5.74) is 1.24. The highest BCUT2D eigenvalue weighted by molar-refractivity contribution is 7.90. The van der Waals surface area contributed by atoms with Crippen molar-refractivity contribution in [3.8, 4) is 40.2 Å². The van der Waals surface area contributed by atoms with Crippen LogP contribution in [0.25, 0.3) is 12.2 Å². The van der Waals surface area contributed by atoms with E-state index >= 15 is 0 Å². The highest BCUT2D eigenvalue weighted by Crippen LogP contribution is 2.41. The van der Waals surface area contributed by atoms with Gasteiger partial charge in [-0.1, -0.05) is 18.2 Å². The van der Waals surface area contributed by atoms with E-state index < -0.39 is 21.4 Å². The highest BCUT2D eigenvalue weighted by atomic mass is 32.2. The largest absolute Gasteiger partial charge is 0.493 e. The van der Waals surface area contributed by atoms with Crippen LogP contribution in [0.1, 0.15) is 16.7 Å². The lowest BCUT2D eigenvalue weighted by molar-refractivity contribution is 0.323. The predicted molar refractivity (Wildman–Crippen MR) is 145 cm³/mol. The van der Waals surface area contributed by atoms with Gasteiger partial charge in [-0.05, 0) is 29.3 Å². The molecular weight excluding hydrogens is 531 g/mol. The second-order valence-corrected chi connectivity index (χ2v) is 10.1. The normalized spacial score (nSPS) is 11.3. The van der Waals surface area contributed by atoms with E-state index in [4.69, 9.17) is 33.2 Å². The number of hydrogen-bond donors (Lipinski definition) is 0. The van der Waals surface area contributed by atoms with Gasteiger partial charge in [-0.2, -0.15) is 0 Å². The first-order valence-corrected chi connectivity index (χ1v) is 13.2. The molecular formula is C28H31FO9S. The van der Waals surface area contributed by atoms with Gasteiger partial charge >= 0.3 is 0 Å². The van der Waals surface area contributed by atoms with Crippen molar-refractivity contribution < 1.29 is 46.0 Å². The van der Waals surface area contributed by atoms with Crippen LogP contribution in [0.5, 0.6) is 40.2 Å². The molecule has 0 saturated heterocycles. The first-order chi connectivity index (χ1) is 18.7. The Hall–Kier alpha value is -4.12. The molecule has 3 aromatic carbocycles. The number of hydrogen-bond acceptors (Lipinski definition) is 9. The van der Waals surface area contributed by atoms with Crippen LogP contribution in [-0.4, -0.2) is 58.2 Å². The molecule has 11 heteroatoms. The molecule has 0 aliphatic rings. The molecule has 0 fully saturated rings. The molecule has 0 aromatic heterocycles. The van der Waals surface area contributed by atoms with Crippen LogP contribution in [0, 0.1) is 5.82 Å². The molecule has 0 spiro atoms. The molecule has 0 aliphatic heterocycles. The van der Waals surface area contributed by atoms with Crippen LogP contribution in [0.15, 0.2) is 41.3 Å². The quantitative estimate of drug-likeness (QED) is 0.282. The number of halogens is 1. The van der Waals surface area contributed by atoms with Crippen LogP contribution in [0.4, 0.5) is 4.39 Å². The van der Waals surface area contributed by atoms with Gasteiger partial charge in [0.25, 0.3) is 0 Å². The van der Waals surface area contributed by atoms with E-state index in [1.54, 1.807) is 24.3 Å². The van der Waals surface area contributed by atoms with Gasteiger partial charge in [-0.3, -0.25) is 0 Å². The second kappa shape index (κ2) is 12.6. The molecule has 9 nitrogen and oxygen atoms in total. The molecule has 0 saturated carbocycles. The van der Waals surface area contributed by atoms with E-state index in [0.717, 1.165) is 0 Å². The maximum Gasteiger partial charge on any atom is 0.203 e. The minimum absolute atomic E-state index is 0.0946. The Morgan fingerprint density at radius 3 is 1.54 bits per heavy atom. The van der Waals surface area contributed by atoms with E-state index in [1.807, 2.05) is 0 Å². The maximum atomic E-state index is 14.7. The Bertz CT molecular complexity index is 1420. The third-order valence-corrected chi connectivity index (χ3v) is 7.55. The minimum atomic E-state index is -4.04. The van der Waals surface area contributed by atoms with Crippen LogP contribution >= 0.6 is 0 Å². The Balaban J connectivity index is 2.12. The smallest absolute Gasteiger partial charge is 0.203 e. The summed E-state index contributed by atoms with van der Waals surface area (Å²) < 4.78 is 79.2. The van der Waals surface area contributed by atoms with E-state index in [9.17, 15) is 12.8 Å². The van der Waals surface area contributed by atoms with Gasteiger partial charge in [-0.25, -0.2) is 12.8 Å². The second-order valence-electron chi connectivity index (χ2n) is 8.06. The molecule has 39 heavy (non-hydrogen) atoms. The van der Waals surface area contributed by atoms with Gasteiger partial charge < -0.3 is 33.2 Å². The van der Waals surface area contributed by atoms with Crippen LogP contribution < -0.4 is 33.2 Å². The number of methoxy groups -OCH3 is 7. The van der Waals surface area contributed by atoms with Crippen molar-refractivity contribution >= 4 is 22.0 Å². The molecule has 0 unspecified atom stereocenters. The SMILES string of the molecule is COc1cc(/C=C\c2ccc(F)c(OC)c2CS(=O)(=O)c2cc(OC)c(OC)c(OC)c2)cc(OC)c1OC. The van der Waals surface area contributed by atoms with Gasteiger partial charge in [0.1, 0.15) is 0 Å². The van der Waals surface area contributed by atoms with Crippen molar-refractivity contribution in [3.05, 3.63) is 58.9 Å². The molecule has 0 aliphatic carbocycles. The van der Waals surface area contributed by atoms with Crippen molar-refractivity contribution in [2.24, 2.45) is 0 Å². The molecule has 0 N–H and O–H groups in total. The molecule has 210 valence electrons. The monoisotopic (exact) mass is 562 g/mol. The Kier molecular flexibility index (Phi) is 9.52. The van der Waals surface area contributed by atoms with Gasteiger partial charge in [0.05, 0.1) is 60.4 Å². The molecule has 0 amide bonds. The fraction of sp³-hybridized carbons (Fsp3) is 0.286. The standard InChI is InChI=1S/C28H31FO9S/c1-32-22-12-17(13-23(33-2)27(22)37-6)8-9-18-10-11-21(29)26(36-5)20(18)16-39(30,31)19-14-24(34-3)28(38-7)25(15-19)35-4/h8-15H,16H2,1-7H3/b9-8-. The molecule has 3 rings (SSSR count). The van der Waals surface area contributed by atoms with E-state index in [0.29, 0.717) is 28.4 Å². The van der Waals surface area contributed by atoms with Crippen molar-refractivity contribution in [1.29, 1.82) is 0 Å². The summed E-state index contributed by atoms with van der Waals surface area (Å²) in [4.78, 5) is -0.0946. The lowest BCUT2D eigenvalue weighted by Gasteiger charge is -2.16. The van der Waals surface area contributed by atoms with Crippen LogP contribution in [0.2, 0.25) is 0 Å². The van der Waals surface area contributed by atoms with Crippen LogP contribution in [-0.2, 0) is 15.6 Å². The Morgan fingerprint density at radius 1 is 0.641 bits per heavy atom. The van der Waals surface area contributed by atoms with Gasteiger partial charge in [-0.15, -0.1) is 0 Å². The number of benzene rings is 3. The zero-order valence-corrected chi connectivity index (χ0v) is 23.6. The summed E-state index contributed by atoms with van der Waals surface area (Å²) in [7, 11) is 5.93. The topological polar surface area (TPSA) is 98.8 Å². The predicted octanol–water partition coefficient (Wildman–Crippen LogP) is 5.03. The molecule has 0 heterocycles. The van der Waals surface area contributed by atoms with Crippen LogP contribution in [0.3, 0.4) is 0 Å². The summed E-state index contributed by atoms with van der Waals surface area (Å²) >= 11 is 0. The number of ether oxygens (including phenoxy) is 7. The summed E-state index contributed by atoms with van der Waals surface area (Å²) in [6.45, 7) is 0. The van der Waals surface area contributed by atoms with Crippen molar-refractivity contribution in [3.63, 3.8) is 0 Å². The van der Waals surface area contributed by atoms with E-state index in [2.05, 4.69) is 0 Å². The zero-order valence-electron chi connectivity index (χ0n) is 22.8. The molecule has 0 bridgehead atoms. The van der Waals surface area contributed by atoms with Crippen molar-refractivity contribution in [2.45, 2.75) is 10.6 Å². The average Bonchev–Trinajstić information content (AvgIpc) is 2.95. The lowest BCUT2D eigenvalue weighted by atomic mass is 10.0. The zero-order chi connectivity index (χ0) is 28.7. The van der Waals surface area contributed by atoms with E-state index in [-0.39, 0.29) is 33.5 Å². The minimum Gasteiger partial charge on any atom is -0.493 e. The lowest BCUT2D eigenvalue weighted by Crippen LogP contribution is -2.10. The number of rotatable bonds is 12. The van der Waals surface area contributed by atoms with Gasteiger partial charge in [0.2, 0.25) is 11.5 Å². The molecule has 3 aromatic rings. The number of sulfone groups is 1. The third kappa shape index (κ3) is 6.14.